The van der Waals surface area contributed by atoms with Crippen molar-refractivity contribution in [2.75, 3.05) is 5.75 Å². The van der Waals surface area contributed by atoms with Gasteiger partial charge in [0, 0.05) is 6.07 Å². The molecule has 1 rings (SSSR count). The quantitative estimate of drug-likeness (QED) is 0.366. The predicted molar refractivity (Wildman–Crippen MR) is 71.1 cm³/mol. The number of hydrogen-bond donors (Lipinski definition) is 1. The highest BCUT2D eigenvalue weighted by Crippen LogP contribution is 2.36. The van der Waals surface area contributed by atoms with Crippen molar-refractivity contribution in [3.8, 4) is 0 Å². The zero-order valence-electron chi connectivity index (χ0n) is 10.2. The number of amidine groups is 1. The number of rotatable bonds is 3. The molecule has 1 aromatic rings. The summed E-state index contributed by atoms with van der Waals surface area (Å²) in [5, 5.41) is -0.776. The van der Waals surface area contributed by atoms with Crippen LogP contribution in [0.1, 0.15) is 0 Å². The third-order valence-corrected chi connectivity index (χ3v) is 4.22. The second-order valence-electron chi connectivity index (χ2n) is 3.83. The van der Waals surface area contributed by atoms with E-state index in [0.29, 0.717) is 6.07 Å². The van der Waals surface area contributed by atoms with E-state index in [-0.39, 0.29) is 5.02 Å². The smallest absolute Gasteiger partial charge is 0.448 e. The third kappa shape index (κ3) is 5.41. The number of nitrogens with two attached hydrogens (primary N) is 1. The molecule has 0 bridgehead atoms. The van der Waals surface area contributed by atoms with Gasteiger partial charge in [-0.15, -0.1) is 0 Å². The zero-order valence-corrected chi connectivity index (χ0v) is 12.6. The second-order valence-corrected chi connectivity index (χ2v) is 6.07. The summed E-state index contributed by atoms with van der Waals surface area (Å²) in [6, 6.07) is 1.51. The number of nitrogens with zero attached hydrogens (tertiary/aromatic N) is 1. The molecule has 0 spiro atoms. The van der Waals surface area contributed by atoms with Gasteiger partial charge >= 0.3 is 12.4 Å². The maximum absolute atomic E-state index is 12.3. The zero-order chi connectivity index (χ0) is 17.3. The van der Waals surface area contributed by atoms with Gasteiger partial charge in [-0.2, -0.15) is 26.3 Å². The third-order valence-electron chi connectivity index (χ3n) is 2.07. The fourth-order valence-electron chi connectivity index (χ4n) is 1.20. The van der Waals surface area contributed by atoms with Gasteiger partial charge in [0.25, 0.3) is 0 Å². The first-order valence-electron chi connectivity index (χ1n) is 5.17. The lowest BCUT2D eigenvalue weighted by molar-refractivity contribution is -0.106. The van der Waals surface area contributed by atoms with Crippen molar-refractivity contribution in [3.63, 3.8) is 0 Å². The Morgan fingerprint density at radius 3 is 2.14 bits per heavy atom. The maximum Gasteiger partial charge on any atom is 0.448 e. The van der Waals surface area contributed by atoms with E-state index in [9.17, 15) is 30.9 Å². The lowest BCUT2D eigenvalue weighted by Crippen LogP contribution is -2.30. The average Bonchev–Trinajstić information content (AvgIpc) is 2.28. The molecule has 0 aliphatic heterocycles. The normalized spacial score (nSPS) is 15.0. The molecule has 22 heavy (non-hydrogen) atoms. The molecule has 124 valence electrons. The molecule has 0 fully saturated rings. The number of halogens is 8. The molecular formula is C10H6Cl2F6N2OS. The van der Waals surface area contributed by atoms with Crippen molar-refractivity contribution in [2.45, 2.75) is 17.2 Å². The average molecular weight is 387 g/mol. The monoisotopic (exact) mass is 386 g/mol. The van der Waals surface area contributed by atoms with E-state index in [4.69, 9.17) is 28.9 Å². The molecule has 0 amide bonds. The van der Waals surface area contributed by atoms with Crippen molar-refractivity contribution in [1.82, 2.24) is 0 Å². The molecule has 0 saturated heterocycles. The van der Waals surface area contributed by atoms with Crippen LogP contribution < -0.4 is 5.73 Å². The van der Waals surface area contributed by atoms with Crippen LogP contribution >= 0.6 is 23.2 Å². The summed E-state index contributed by atoms with van der Waals surface area (Å²) >= 11 is 8.58. The van der Waals surface area contributed by atoms with Gasteiger partial charge in [0.1, 0.15) is 0 Å². The molecule has 0 aromatic heterocycles. The minimum absolute atomic E-state index is 0.384. The van der Waals surface area contributed by atoms with Crippen LogP contribution in [0.5, 0.6) is 0 Å². The first-order chi connectivity index (χ1) is 9.81. The van der Waals surface area contributed by atoms with E-state index < -0.39 is 50.7 Å². The highest BCUT2D eigenvalue weighted by Gasteiger charge is 2.37. The molecule has 0 heterocycles. The number of benzene rings is 1. The molecule has 2 N–H and O–H groups in total. The van der Waals surface area contributed by atoms with Crippen molar-refractivity contribution < 1.29 is 30.9 Å². The first kappa shape index (κ1) is 19.2. The van der Waals surface area contributed by atoms with Crippen LogP contribution in [-0.2, 0) is 11.2 Å². The van der Waals surface area contributed by atoms with Crippen LogP contribution in [-0.4, -0.2) is 28.5 Å². The summed E-state index contributed by atoms with van der Waals surface area (Å²) in [5.41, 5.74) is 4.10. The summed E-state index contributed by atoms with van der Waals surface area (Å²) in [4.78, 5) is 2.43. The molecule has 3 nitrogen and oxygen atoms in total. The summed E-state index contributed by atoms with van der Waals surface area (Å²) in [7, 11) is 0. The Morgan fingerprint density at radius 2 is 1.68 bits per heavy atom. The lowest BCUT2D eigenvalue weighted by Gasteiger charge is -2.14. The van der Waals surface area contributed by atoms with Crippen LogP contribution in [0.15, 0.2) is 22.0 Å². The standard InChI is InChI=1S/C10H6Cl2F6N2OS/c11-4-1-5(12)7(22(21)3-9(13,14)15)2-6(4)20-8(19)10(16,17)18/h1-2H,3H2,(H2,19,20)/t22-/m0/s1. The number of alkyl halides is 6. The number of hydrogen-bond acceptors (Lipinski definition) is 2. The molecule has 0 radical (unpaired) electrons. The predicted octanol–water partition coefficient (Wildman–Crippen LogP) is 4.21. The van der Waals surface area contributed by atoms with E-state index >= 15 is 0 Å². The van der Waals surface area contributed by atoms with Gasteiger partial charge < -0.3 is 10.3 Å². The van der Waals surface area contributed by atoms with Crippen LogP contribution in [0.4, 0.5) is 32.0 Å². The van der Waals surface area contributed by atoms with Gasteiger partial charge in [0.15, 0.2) is 4.90 Å². The molecule has 1 aromatic carbocycles. The Labute approximate surface area is 133 Å². The largest absolute Gasteiger partial charge is 0.611 e. The minimum Gasteiger partial charge on any atom is -0.611 e. The van der Waals surface area contributed by atoms with Crippen LogP contribution in [0.2, 0.25) is 10.0 Å². The van der Waals surface area contributed by atoms with Crippen molar-refractivity contribution >= 4 is 45.9 Å². The van der Waals surface area contributed by atoms with Gasteiger partial charge in [-0.25, -0.2) is 4.99 Å². The van der Waals surface area contributed by atoms with Gasteiger partial charge in [-0.3, -0.25) is 0 Å². The molecule has 0 aliphatic rings. The van der Waals surface area contributed by atoms with E-state index in [1.807, 2.05) is 0 Å². The second kappa shape index (κ2) is 6.73. The molecule has 12 heteroatoms. The maximum atomic E-state index is 12.3. The first-order valence-corrected chi connectivity index (χ1v) is 7.24. The Morgan fingerprint density at radius 1 is 1.14 bits per heavy atom. The molecule has 0 unspecified atom stereocenters. The van der Waals surface area contributed by atoms with Crippen LogP contribution in [0.3, 0.4) is 0 Å². The number of aliphatic imine (C=N–C) groups is 1. The fourth-order valence-corrected chi connectivity index (χ4v) is 2.85. The fraction of sp³-hybridized carbons (Fsp3) is 0.300. The highest BCUT2D eigenvalue weighted by molar-refractivity contribution is 7.91. The van der Waals surface area contributed by atoms with Crippen molar-refractivity contribution in [2.24, 2.45) is 10.7 Å². The molecule has 0 aliphatic carbocycles. The Kier molecular flexibility index (Phi) is 5.88. The van der Waals surface area contributed by atoms with E-state index in [1.54, 1.807) is 0 Å². The Bertz CT molecular complexity index is 590. The van der Waals surface area contributed by atoms with Crippen molar-refractivity contribution in [3.05, 3.63) is 22.2 Å². The summed E-state index contributed by atoms with van der Waals surface area (Å²) in [6.45, 7) is 0. The summed E-state index contributed by atoms with van der Waals surface area (Å²) < 4.78 is 85.1. The topological polar surface area (TPSA) is 61.4 Å². The Hall–Kier alpha value is -0.840. The Balaban J connectivity index is 3.26. The van der Waals surface area contributed by atoms with Crippen LogP contribution in [0.25, 0.3) is 0 Å². The molecule has 1 atom stereocenters. The van der Waals surface area contributed by atoms with Gasteiger partial charge in [-0.1, -0.05) is 23.2 Å². The van der Waals surface area contributed by atoms with Gasteiger partial charge in [-0.05, 0) is 17.2 Å². The van der Waals surface area contributed by atoms with E-state index in [1.165, 1.54) is 0 Å². The van der Waals surface area contributed by atoms with Crippen molar-refractivity contribution in [1.29, 1.82) is 0 Å². The lowest BCUT2D eigenvalue weighted by atomic mass is 10.3. The molecule has 0 saturated carbocycles. The van der Waals surface area contributed by atoms with E-state index in [2.05, 4.69) is 4.99 Å². The minimum atomic E-state index is -4.95. The van der Waals surface area contributed by atoms with Gasteiger partial charge in [0.2, 0.25) is 11.6 Å². The molecular weight excluding hydrogens is 381 g/mol. The highest BCUT2D eigenvalue weighted by atomic mass is 35.5. The van der Waals surface area contributed by atoms with Crippen LogP contribution in [0, 0.1) is 0 Å². The SMILES string of the molecule is NC(=Nc1cc([S@@+]([O-])CC(F)(F)F)c(Cl)cc1Cl)C(F)(F)F. The summed E-state index contributed by atoms with van der Waals surface area (Å²) in [5.74, 6) is -3.48. The van der Waals surface area contributed by atoms with Gasteiger partial charge in [0.05, 0.1) is 15.7 Å². The van der Waals surface area contributed by atoms with E-state index in [0.717, 1.165) is 6.07 Å². The summed E-state index contributed by atoms with van der Waals surface area (Å²) in [6.07, 6.45) is -9.70.